The van der Waals surface area contributed by atoms with E-state index in [0.717, 1.165) is 16.0 Å². The lowest BCUT2D eigenvalue weighted by atomic mass is 10.0. The van der Waals surface area contributed by atoms with E-state index in [1.165, 1.54) is 11.3 Å². The molecule has 0 unspecified atom stereocenters. The van der Waals surface area contributed by atoms with E-state index in [2.05, 4.69) is 0 Å². The van der Waals surface area contributed by atoms with E-state index in [-0.39, 0.29) is 5.78 Å². The van der Waals surface area contributed by atoms with Crippen molar-refractivity contribution >= 4 is 22.7 Å². The molecular weight excluding hydrogens is 242 g/mol. The summed E-state index contributed by atoms with van der Waals surface area (Å²) in [6, 6.07) is 13.5. The number of hydrogen-bond acceptors (Lipinski definition) is 3. The van der Waals surface area contributed by atoms with Gasteiger partial charge in [0.2, 0.25) is 5.78 Å². The molecule has 0 aliphatic carbocycles. The SMILES string of the molecule is CN(C)/C=C(/C(=O)c1cccs1)c1ccccc1. The molecule has 0 fully saturated rings. The van der Waals surface area contributed by atoms with Crippen molar-refractivity contribution in [3.05, 3.63) is 64.5 Å². The van der Waals surface area contributed by atoms with Crippen molar-refractivity contribution in [3.63, 3.8) is 0 Å². The van der Waals surface area contributed by atoms with Crippen LogP contribution in [0.25, 0.3) is 5.57 Å². The minimum Gasteiger partial charge on any atom is -0.383 e. The van der Waals surface area contributed by atoms with Crippen LogP contribution in [0.4, 0.5) is 0 Å². The summed E-state index contributed by atoms with van der Waals surface area (Å²) in [6.45, 7) is 0. The Morgan fingerprint density at radius 2 is 1.83 bits per heavy atom. The molecule has 0 radical (unpaired) electrons. The molecule has 0 N–H and O–H groups in total. The summed E-state index contributed by atoms with van der Waals surface area (Å²) in [6.07, 6.45) is 1.87. The second kappa shape index (κ2) is 5.65. The summed E-state index contributed by atoms with van der Waals surface area (Å²) in [5.74, 6) is 0.0740. The number of carbonyl (C=O) groups is 1. The summed E-state index contributed by atoms with van der Waals surface area (Å²) in [7, 11) is 3.84. The summed E-state index contributed by atoms with van der Waals surface area (Å²) in [5.41, 5.74) is 1.67. The Morgan fingerprint density at radius 1 is 1.11 bits per heavy atom. The molecule has 3 heteroatoms. The summed E-state index contributed by atoms with van der Waals surface area (Å²) in [4.78, 5) is 15.1. The lowest BCUT2D eigenvalue weighted by Gasteiger charge is -2.11. The van der Waals surface area contributed by atoms with Gasteiger partial charge in [0.15, 0.2) is 0 Å². The minimum atomic E-state index is 0.0740. The van der Waals surface area contributed by atoms with Gasteiger partial charge in [-0.15, -0.1) is 11.3 Å². The number of hydrogen-bond donors (Lipinski definition) is 0. The number of benzene rings is 1. The molecule has 0 aliphatic rings. The van der Waals surface area contributed by atoms with Gasteiger partial charge < -0.3 is 4.90 Å². The van der Waals surface area contributed by atoms with Gasteiger partial charge in [0.1, 0.15) is 0 Å². The van der Waals surface area contributed by atoms with Crippen molar-refractivity contribution in [2.45, 2.75) is 0 Å². The lowest BCUT2D eigenvalue weighted by molar-refractivity contribution is 0.105. The number of ketones is 1. The number of Topliss-reactive ketones (excluding diaryl/α,β-unsaturated/α-hetero) is 1. The summed E-state index contributed by atoms with van der Waals surface area (Å²) in [5, 5.41) is 1.92. The predicted octanol–water partition coefficient (Wildman–Crippen LogP) is 3.53. The molecule has 2 rings (SSSR count). The van der Waals surface area contributed by atoms with Gasteiger partial charge in [-0.3, -0.25) is 4.79 Å². The van der Waals surface area contributed by atoms with Crippen molar-refractivity contribution in [2.75, 3.05) is 14.1 Å². The monoisotopic (exact) mass is 257 g/mol. The summed E-state index contributed by atoms with van der Waals surface area (Å²) < 4.78 is 0. The smallest absolute Gasteiger partial charge is 0.205 e. The Bertz CT molecular complexity index is 541. The van der Waals surface area contributed by atoms with Gasteiger partial charge in [-0.05, 0) is 17.0 Å². The minimum absolute atomic E-state index is 0.0740. The molecule has 2 nitrogen and oxygen atoms in total. The molecule has 18 heavy (non-hydrogen) atoms. The van der Waals surface area contributed by atoms with Crippen LogP contribution in [-0.4, -0.2) is 24.8 Å². The Morgan fingerprint density at radius 3 is 2.39 bits per heavy atom. The van der Waals surface area contributed by atoms with E-state index in [1.54, 1.807) is 0 Å². The van der Waals surface area contributed by atoms with E-state index < -0.39 is 0 Å². The van der Waals surface area contributed by atoms with Crippen LogP contribution in [0.5, 0.6) is 0 Å². The average Bonchev–Trinajstić information content (AvgIpc) is 2.90. The van der Waals surface area contributed by atoms with Crippen molar-refractivity contribution in [1.29, 1.82) is 0 Å². The average molecular weight is 257 g/mol. The van der Waals surface area contributed by atoms with Gasteiger partial charge in [0.25, 0.3) is 0 Å². The Hall–Kier alpha value is -1.87. The highest BCUT2D eigenvalue weighted by Crippen LogP contribution is 2.22. The number of thiophene rings is 1. The van der Waals surface area contributed by atoms with Crippen LogP contribution in [-0.2, 0) is 0 Å². The third kappa shape index (κ3) is 2.87. The maximum Gasteiger partial charge on any atom is 0.205 e. The highest BCUT2D eigenvalue weighted by atomic mass is 32.1. The van der Waals surface area contributed by atoms with E-state index in [1.807, 2.05) is 73.0 Å². The largest absolute Gasteiger partial charge is 0.383 e. The van der Waals surface area contributed by atoms with Gasteiger partial charge in [-0.25, -0.2) is 0 Å². The highest BCUT2D eigenvalue weighted by Gasteiger charge is 2.15. The molecule has 0 spiro atoms. The summed E-state index contributed by atoms with van der Waals surface area (Å²) >= 11 is 1.47. The molecule has 1 aromatic carbocycles. The third-order valence-electron chi connectivity index (χ3n) is 2.46. The van der Waals surface area contributed by atoms with Crippen LogP contribution >= 0.6 is 11.3 Å². The molecule has 0 saturated heterocycles. The van der Waals surface area contributed by atoms with Crippen LogP contribution in [0.1, 0.15) is 15.2 Å². The van der Waals surface area contributed by atoms with Gasteiger partial charge in [-0.2, -0.15) is 0 Å². The van der Waals surface area contributed by atoms with E-state index in [9.17, 15) is 4.79 Å². The van der Waals surface area contributed by atoms with Gasteiger partial charge in [0, 0.05) is 25.9 Å². The van der Waals surface area contributed by atoms with Crippen LogP contribution in [0.15, 0.2) is 54.0 Å². The van der Waals surface area contributed by atoms with Crippen LogP contribution in [0.2, 0.25) is 0 Å². The van der Waals surface area contributed by atoms with Crippen LogP contribution in [0.3, 0.4) is 0 Å². The second-order valence-corrected chi connectivity index (χ2v) is 5.13. The van der Waals surface area contributed by atoms with Crippen molar-refractivity contribution in [1.82, 2.24) is 4.90 Å². The molecule has 0 amide bonds. The van der Waals surface area contributed by atoms with Gasteiger partial charge in [0.05, 0.1) is 4.88 Å². The maximum atomic E-state index is 12.5. The quantitative estimate of drug-likeness (QED) is 0.617. The fourth-order valence-electron chi connectivity index (χ4n) is 1.68. The number of nitrogens with zero attached hydrogens (tertiary/aromatic N) is 1. The number of rotatable bonds is 4. The zero-order valence-corrected chi connectivity index (χ0v) is 11.3. The van der Waals surface area contributed by atoms with Crippen molar-refractivity contribution in [3.8, 4) is 0 Å². The number of allylic oxidation sites excluding steroid dienone is 1. The fourth-order valence-corrected chi connectivity index (χ4v) is 2.36. The zero-order valence-electron chi connectivity index (χ0n) is 10.5. The molecule has 0 bridgehead atoms. The number of carbonyl (C=O) groups excluding carboxylic acids is 1. The Balaban J connectivity index is 2.42. The Labute approximate surface area is 111 Å². The standard InChI is InChI=1S/C15H15NOS/c1-16(2)11-13(12-7-4-3-5-8-12)15(17)14-9-6-10-18-14/h3-11H,1-2H3/b13-11+. The van der Waals surface area contributed by atoms with Crippen molar-refractivity contribution < 1.29 is 4.79 Å². The molecule has 1 aromatic heterocycles. The molecule has 0 atom stereocenters. The van der Waals surface area contributed by atoms with E-state index >= 15 is 0 Å². The van der Waals surface area contributed by atoms with E-state index in [4.69, 9.17) is 0 Å². The molecule has 1 heterocycles. The first-order valence-electron chi connectivity index (χ1n) is 5.70. The predicted molar refractivity (Wildman–Crippen MR) is 76.8 cm³/mol. The molecular formula is C15H15NOS. The molecule has 92 valence electrons. The van der Waals surface area contributed by atoms with Crippen molar-refractivity contribution in [2.24, 2.45) is 0 Å². The van der Waals surface area contributed by atoms with E-state index in [0.29, 0.717) is 0 Å². The fraction of sp³-hybridized carbons (Fsp3) is 0.133. The second-order valence-electron chi connectivity index (χ2n) is 4.18. The third-order valence-corrected chi connectivity index (χ3v) is 3.33. The molecule has 0 aliphatic heterocycles. The first-order valence-corrected chi connectivity index (χ1v) is 6.58. The zero-order chi connectivity index (χ0) is 13.0. The Kier molecular flexibility index (Phi) is 3.95. The first-order chi connectivity index (χ1) is 8.68. The molecule has 0 saturated carbocycles. The topological polar surface area (TPSA) is 20.3 Å². The first kappa shape index (κ1) is 12.6. The maximum absolute atomic E-state index is 12.5. The van der Waals surface area contributed by atoms with Crippen LogP contribution in [0, 0.1) is 0 Å². The normalized spacial score (nSPS) is 11.3. The molecule has 2 aromatic rings. The highest BCUT2D eigenvalue weighted by molar-refractivity contribution is 7.12. The lowest BCUT2D eigenvalue weighted by Crippen LogP contribution is -2.08. The van der Waals surface area contributed by atoms with Gasteiger partial charge >= 0.3 is 0 Å². The van der Waals surface area contributed by atoms with Crippen LogP contribution < -0.4 is 0 Å². The van der Waals surface area contributed by atoms with Gasteiger partial charge in [-0.1, -0.05) is 36.4 Å².